The van der Waals surface area contributed by atoms with E-state index in [1.54, 1.807) is 10.7 Å². The number of carbonyl (C=O) groups excluding carboxylic acids is 1. The number of hydrogen-bond acceptors (Lipinski definition) is 4. The fourth-order valence-electron chi connectivity index (χ4n) is 3.39. The molecule has 1 atom stereocenters. The van der Waals surface area contributed by atoms with Crippen LogP contribution in [0, 0.1) is 5.92 Å². The molecule has 1 aromatic heterocycles. The van der Waals surface area contributed by atoms with E-state index in [4.69, 9.17) is 33.4 Å². The van der Waals surface area contributed by atoms with Crippen molar-refractivity contribution in [2.24, 2.45) is 5.92 Å². The summed E-state index contributed by atoms with van der Waals surface area (Å²) in [6.07, 6.45) is 4.61. The molecule has 7 nitrogen and oxygen atoms in total. The van der Waals surface area contributed by atoms with Crippen molar-refractivity contribution in [3.8, 4) is 5.69 Å². The molecule has 3 N–H and O–H groups in total. The highest BCUT2D eigenvalue weighted by molar-refractivity contribution is 6.32. The van der Waals surface area contributed by atoms with Crippen LogP contribution in [0.15, 0.2) is 41.4 Å². The Morgan fingerprint density at radius 2 is 2.03 bits per heavy atom. The molecule has 31 heavy (non-hydrogen) atoms. The van der Waals surface area contributed by atoms with Crippen molar-refractivity contribution in [1.29, 1.82) is 0 Å². The van der Waals surface area contributed by atoms with E-state index >= 15 is 0 Å². The summed E-state index contributed by atoms with van der Waals surface area (Å²) in [5.41, 5.74) is 3.32. The molecule has 0 saturated carbocycles. The van der Waals surface area contributed by atoms with Crippen molar-refractivity contribution >= 4 is 46.5 Å². The fraction of sp³-hybridized carbons (Fsp3) is 0.318. The highest BCUT2D eigenvalue weighted by Gasteiger charge is 2.21. The predicted octanol–water partition coefficient (Wildman–Crippen LogP) is 4.59. The topological polar surface area (TPSA) is 96.3 Å². The molecule has 1 unspecified atom stereocenters. The van der Waals surface area contributed by atoms with Crippen molar-refractivity contribution in [2.45, 2.75) is 33.2 Å². The van der Waals surface area contributed by atoms with E-state index in [1.165, 1.54) is 6.92 Å². The number of carboxylic acid groups (broad SMARTS) is 1. The van der Waals surface area contributed by atoms with Crippen LogP contribution in [0.4, 0.5) is 5.82 Å². The van der Waals surface area contributed by atoms with Crippen LogP contribution < -0.4 is 10.6 Å². The van der Waals surface area contributed by atoms with Gasteiger partial charge in [0.1, 0.15) is 5.82 Å². The lowest BCUT2D eigenvalue weighted by atomic mass is 9.91. The number of nitrogens with one attached hydrogen (secondary N) is 2. The minimum absolute atomic E-state index is 0.0522. The smallest absolute Gasteiger partial charge is 0.304 e. The Kier molecular flexibility index (Phi) is 7.54. The molecule has 0 bridgehead atoms. The Balaban J connectivity index is 1.89. The van der Waals surface area contributed by atoms with Crippen LogP contribution in [0.1, 0.15) is 37.9 Å². The van der Waals surface area contributed by atoms with Gasteiger partial charge in [0.15, 0.2) is 0 Å². The van der Waals surface area contributed by atoms with Crippen molar-refractivity contribution in [1.82, 2.24) is 15.1 Å². The molecule has 3 rings (SSSR count). The standard InChI is InChI=1S/C22H24Cl2N4O3/c1-13-9-16(23)4-5-17(13)19-11-21(26-14(2)29)28(27-19)20-6-3-15(10-18(20)24)12-25-8-7-22(30)31/h3-6,10-11,13,25H,7-9,12H2,1-2H3,(H,26,29)(H,30,31). The zero-order valence-corrected chi connectivity index (χ0v) is 18.8. The molecule has 9 heteroatoms. The average Bonchev–Trinajstić information content (AvgIpc) is 3.07. The van der Waals surface area contributed by atoms with E-state index in [2.05, 4.69) is 17.6 Å². The Bertz CT molecular complexity index is 1060. The lowest BCUT2D eigenvalue weighted by molar-refractivity contribution is -0.136. The zero-order valence-electron chi connectivity index (χ0n) is 17.3. The van der Waals surface area contributed by atoms with Gasteiger partial charge in [-0.1, -0.05) is 42.3 Å². The van der Waals surface area contributed by atoms with Gasteiger partial charge in [0.25, 0.3) is 0 Å². The van der Waals surface area contributed by atoms with Gasteiger partial charge >= 0.3 is 5.97 Å². The third-order valence-corrected chi connectivity index (χ3v) is 5.45. The lowest BCUT2D eigenvalue weighted by Gasteiger charge is -2.17. The number of carbonyl (C=O) groups is 2. The second-order valence-electron chi connectivity index (χ2n) is 7.45. The summed E-state index contributed by atoms with van der Waals surface area (Å²) in [5.74, 6) is -0.344. The number of allylic oxidation sites excluding steroid dienone is 4. The number of amides is 1. The first-order valence-electron chi connectivity index (χ1n) is 9.90. The van der Waals surface area contributed by atoms with Gasteiger partial charge in [-0.15, -0.1) is 0 Å². The van der Waals surface area contributed by atoms with Crippen LogP contribution in [-0.4, -0.2) is 33.3 Å². The summed E-state index contributed by atoms with van der Waals surface area (Å²) in [5, 5.41) is 20.6. The van der Waals surface area contributed by atoms with E-state index in [0.29, 0.717) is 29.6 Å². The number of anilines is 1. The van der Waals surface area contributed by atoms with Crippen molar-refractivity contribution in [3.63, 3.8) is 0 Å². The third kappa shape index (κ3) is 5.97. The first-order chi connectivity index (χ1) is 14.7. The largest absolute Gasteiger partial charge is 0.481 e. The molecule has 1 amide bonds. The normalized spacial score (nSPS) is 15.9. The molecule has 164 valence electrons. The third-order valence-electron chi connectivity index (χ3n) is 4.87. The van der Waals surface area contributed by atoms with E-state index in [1.807, 2.05) is 30.4 Å². The quantitative estimate of drug-likeness (QED) is 0.498. The number of aromatic nitrogens is 2. The number of rotatable bonds is 8. The van der Waals surface area contributed by atoms with Crippen LogP contribution in [0.25, 0.3) is 11.3 Å². The summed E-state index contributed by atoms with van der Waals surface area (Å²) < 4.78 is 1.62. The number of hydrogen-bond donors (Lipinski definition) is 3. The molecule has 0 radical (unpaired) electrons. The van der Waals surface area contributed by atoms with Gasteiger partial charge in [0, 0.05) is 31.1 Å². The van der Waals surface area contributed by atoms with Crippen LogP contribution in [0.5, 0.6) is 0 Å². The molecule has 1 aliphatic carbocycles. The van der Waals surface area contributed by atoms with Crippen molar-refractivity contribution < 1.29 is 14.7 Å². The Hall–Kier alpha value is -2.61. The van der Waals surface area contributed by atoms with E-state index in [-0.39, 0.29) is 18.2 Å². The van der Waals surface area contributed by atoms with Crippen molar-refractivity contribution in [2.75, 3.05) is 11.9 Å². The lowest BCUT2D eigenvalue weighted by Crippen LogP contribution is -2.17. The zero-order chi connectivity index (χ0) is 22.5. The van der Waals surface area contributed by atoms with Gasteiger partial charge in [-0.2, -0.15) is 5.10 Å². The van der Waals surface area contributed by atoms with Crippen LogP contribution in [0.3, 0.4) is 0 Å². The minimum Gasteiger partial charge on any atom is -0.481 e. The van der Waals surface area contributed by atoms with Gasteiger partial charge in [-0.3, -0.25) is 9.59 Å². The van der Waals surface area contributed by atoms with E-state index in [0.717, 1.165) is 28.3 Å². The molecule has 1 aromatic carbocycles. The molecule has 1 heterocycles. The summed E-state index contributed by atoms with van der Waals surface area (Å²) in [6.45, 7) is 4.39. The van der Waals surface area contributed by atoms with Crippen LogP contribution >= 0.6 is 23.2 Å². The molecule has 0 spiro atoms. The molecular weight excluding hydrogens is 439 g/mol. The first-order valence-corrected chi connectivity index (χ1v) is 10.7. The second-order valence-corrected chi connectivity index (χ2v) is 8.35. The van der Waals surface area contributed by atoms with Gasteiger partial charge in [-0.05, 0) is 41.7 Å². The van der Waals surface area contributed by atoms with E-state index in [9.17, 15) is 9.59 Å². The number of halogens is 2. The molecule has 2 aromatic rings. The van der Waals surface area contributed by atoms with E-state index < -0.39 is 5.97 Å². The van der Waals surface area contributed by atoms with Gasteiger partial charge < -0.3 is 15.7 Å². The molecule has 1 aliphatic rings. The maximum atomic E-state index is 11.7. The Labute approximate surface area is 190 Å². The molecule has 0 fully saturated rings. The highest BCUT2D eigenvalue weighted by Crippen LogP contribution is 2.35. The Morgan fingerprint density at radius 1 is 1.26 bits per heavy atom. The van der Waals surface area contributed by atoms with Crippen LogP contribution in [-0.2, 0) is 16.1 Å². The molecule has 0 saturated heterocycles. The summed E-state index contributed by atoms with van der Waals surface area (Å²) in [4.78, 5) is 22.4. The fourth-order valence-corrected chi connectivity index (χ4v) is 3.97. The number of aliphatic carboxylic acids is 1. The number of carboxylic acids is 1. The maximum Gasteiger partial charge on any atom is 0.304 e. The SMILES string of the molecule is CC(=O)Nc1cc(C2=CC=C(Cl)CC2C)nn1-c1ccc(CNCCC(=O)O)cc1Cl. The van der Waals surface area contributed by atoms with Gasteiger partial charge in [0.2, 0.25) is 5.91 Å². The first kappa shape index (κ1) is 23.1. The number of benzene rings is 1. The summed E-state index contributed by atoms with van der Waals surface area (Å²) in [6, 6.07) is 7.34. The van der Waals surface area contributed by atoms with Gasteiger partial charge in [0.05, 0.1) is 22.8 Å². The molecular formula is C22H24Cl2N4O3. The number of nitrogens with zero attached hydrogens (tertiary/aromatic N) is 2. The Morgan fingerprint density at radius 3 is 2.68 bits per heavy atom. The molecule has 0 aliphatic heterocycles. The summed E-state index contributed by atoms with van der Waals surface area (Å²) >= 11 is 12.7. The van der Waals surface area contributed by atoms with Crippen molar-refractivity contribution in [3.05, 3.63) is 57.7 Å². The van der Waals surface area contributed by atoms with Crippen LogP contribution in [0.2, 0.25) is 5.02 Å². The second kappa shape index (κ2) is 10.1. The summed E-state index contributed by atoms with van der Waals surface area (Å²) in [7, 11) is 0. The predicted molar refractivity (Wildman–Crippen MR) is 123 cm³/mol. The van der Waals surface area contributed by atoms with Gasteiger partial charge in [-0.25, -0.2) is 4.68 Å². The highest BCUT2D eigenvalue weighted by atomic mass is 35.5. The monoisotopic (exact) mass is 462 g/mol. The minimum atomic E-state index is -0.846. The average molecular weight is 463 g/mol. The maximum absolute atomic E-state index is 11.7.